The highest BCUT2D eigenvalue weighted by atomic mass is 16.5. The fraction of sp³-hybridized carbons (Fsp3) is 0.641. The van der Waals surface area contributed by atoms with Crippen molar-refractivity contribution in [3.63, 3.8) is 0 Å². The molecule has 4 atom stereocenters. The van der Waals surface area contributed by atoms with E-state index in [-0.39, 0.29) is 66.2 Å². The number of hydrogen-bond donors (Lipinski definition) is 6. The Labute approximate surface area is 690 Å². The minimum absolute atomic E-state index is 0.0281. The van der Waals surface area contributed by atoms with Crippen LogP contribution in [0.2, 0.25) is 0 Å². The van der Waals surface area contributed by atoms with Gasteiger partial charge in [0.25, 0.3) is 17.7 Å². The molecule has 0 radical (unpaired) electrons. The SMILES string of the molecule is CCC(C)Cn1nc(C(=O)N[C@@H](CCC2CCCCC2)CC(=O)NC2CCC2)cc1-c1c(OC)cccc1OC.CCC(CC)Cn1nc(C(=O)N[C@@H](CCC2CCCCC2)CC(=O)NC2CCC2)cc1-c1c(OC)cccc1OC.COc1cccc(OC)c1-c1cc(C(=O)N[C@@H](CCC2CCCCC2)CC(N)=O)nn1CC(C)C. The first-order valence-corrected chi connectivity index (χ1v) is 43.9. The van der Waals surface area contributed by atoms with E-state index < -0.39 is 5.91 Å². The highest BCUT2D eigenvalue weighted by Crippen LogP contribution is 2.43. The maximum atomic E-state index is 13.7. The number of carbonyl (C=O) groups is 6. The highest BCUT2D eigenvalue weighted by molar-refractivity contribution is 5.96. The third kappa shape index (κ3) is 26.7. The molecule has 24 heteroatoms. The van der Waals surface area contributed by atoms with Gasteiger partial charge in [-0.15, -0.1) is 0 Å². The van der Waals surface area contributed by atoms with Crippen LogP contribution >= 0.6 is 0 Å². The number of amides is 6. The van der Waals surface area contributed by atoms with Crippen LogP contribution in [0.5, 0.6) is 34.5 Å². The van der Waals surface area contributed by atoms with Crippen molar-refractivity contribution in [3.8, 4) is 68.3 Å². The van der Waals surface area contributed by atoms with Crippen LogP contribution in [0.1, 0.15) is 285 Å². The van der Waals surface area contributed by atoms with Gasteiger partial charge in [-0.25, -0.2) is 0 Å². The molecule has 0 spiro atoms. The zero-order valence-corrected chi connectivity index (χ0v) is 71.9. The van der Waals surface area contributed by atoms with E-state index in [4.69, 9.17) is 44.4 Å². The summed E-state index contributed by atoms with van der Waals surface area (Å²) in [6, 6.07) is 22.2. The Morgan fingerprint density at radius 3 is 0.974 bits per heavy atom. The van der Waals surface area contributed by atoms with Gasteiger partial charge >= 0.3 is 0 Å². The maximum Gasteiger partial charge on any atom is 0.272 e. The smallest absolute Gasteiger partial charge is 0.272 e. The number of ether oxygens (including phenoxy) is 6. The molecule has 116 heavy (non-hydrogen) atoms. The van der Waals surface area contributed by atoms with Crippen molar-refractivity contribution in [1.82, 2.24) is 55.9 Å². The van der Waals surface area contributed by atoms with Crippen LogP contribution in [-0.4, -0.2) is 138 Å². The molecular formula is C92H138N12O12. The van der Waals surface area contributed by atoms with Gasteiger partial charge in [-0.3, -0.25) is 42.8 Å². The first-order valence-electron chi connectivity index (χ1n) is 43.9. The normalized spacial score (nSPS) is 16.5. The number of carbonyl (C=O) groups excluding carboxylic acids is 6. The average Bonchev–Trinajstić information content (AvgIpc) is 1.63. The monoisotopic (exact) mass is 1600 g/mol. The summed E-state index contributed by atoms with van der Waals surface area (Å²) in [5.41, 5.74) is 11.1. The number of nitrogens with one attached hydrogen (secondary N) is 5. The van der Waals surface area contributed by atoms with Crippen LogP contribution in [0, 0.1) is 35.5 Å². The standard InChI is InChI=1S/C33H50N4O4.C32H48N4O4.C27H40N4O4/c1-5-23(6-2)22-37-28(32-29(40-3)16-11-17-30(32)41-4)21-27(36-37)33(39)35-26(19-18-24-12-8-7-9-13-24)20-31(38)34-25-14-10-15-25;1-5-22(2)21-36-27(31-28(39-3)15-10-16-29(31)40-4)20-26(35-36)32(38)34-25(18-17-23-11-7-6-8-12-23)19-30(37)33-24-13-9-14-24;1-18(2)17-31-22(26-23(34-3)11-8-12-24(26)35-4)16-21(30-31)27(33)29-20(15-25(28)32)14-13-19-9-6-5-7-10-19/h11,16-17,21,23-26H,5-10,12-15,18-20,22H2,1-4H3,(H,34,38)(H,35,39);10,15-16,20,22-25H,5-9,11-14,17-19,21H2,1-4H3,(H,33,37)(H,34,38);8,11-12,16,18-20H,5-7,9-10,13-15,17H2,1-4H3,(H2,28,32)(H,29,33)/t26-;22?,25-;20-/m000/s1. The Kier molecular flexibility index (Phi) is 36.6. The number of rotatable bonds is 41. The van der Waals surface area contributed by atoms with E-state index in [2.05, 4.69) is 73.2 Å². The molecule has 7 N–H and O–H groups in total. The van der Waals surface area contributed by atoms with Gasteiger partial charge in [0.1, 0.15) is 34.5 Å². The fourth-order valence-corrected chi connectivity index (χ4v) is 17.0. The molecule has 0 saturated heterocycles. The van der Waals surface area contributed by atoms with Crippen molar-refractivity contribution in [1.29, 1.82) is 0 Å². The van der Waals surface area contributed by atoms with Gasteiger partial charge in [-0.1, -0.05) is 175 Å². The molecule has 3 aromatic heterocycles. The predicted octanol–water partition coefficient (Wildman–Crippen LogP) is 17.2. The minimum atomic E-state index is -0.413. The molecular weight excluding hydrogens is 1470 g/mol. The molecule has 5 aliphatic carbocycles. The lowest BCUT2D eigenvalue weighted by Crippen LogP contribution is -2.44. The van der Waals surface area contributed by atoms with Crippen LogP contribution in [0.3, 0.4) is 0 Å². The third-order valence-electron chi connectivity index (χ3n) is 24.6. The summed E-state index contributed by atoms with van der Waals surface area (Å²) in [7, 11) is 9.75. The predicted molar refractivity (Wildman–Crippen MR) is 456 cm³/mol. The molecule has 0 aliphatic heterocycles. The Bertz CT molecular complexity index is 3990. The second-order valence-corrected chi connectivity index (χ2v) is 33.7. The van der Waals surface area contributed by atoms with Crippen LogP contribution in [0.4, 0.5) is 0 Å². The molecule has 3 heterocycles. The van der Waals surface area contributed by atoms with E-state index in [0.717, 1.165) is 117 Å². The summed E-state index contributed by atoms with van der Waals surface area (Å²) in [5.74, 6) is 5.90. The van der Waals surface area contributed by atoms with Crippen molar-refractivity contribution in [2.24, 2.45) is 41.2 Å². The van der Waals surface area contributed by atoms with Gasteiger partial charge < -0.3 is 60.7 Å². The summed E-state index contributed by atoms with van der Waals surface area (Å²) < 4.78 is 39.6. The van der Waals surface area contributed by atoms with E-state index in [1.165, 1.54) is 109 Å². The van der Waals surface area contributed by atoms with Gasteiger partial charge in [0.05, 0.1) is 76.4 Å². The van der Waals surface area contributed by atoms with Crippen LogP contribution in [-0.2, 0) is 34.0 Å². The van der Waals surface area contributed by atoms with Crippen LogP contribution < -0.4 is 60.7 Å². The lowest BCUT2D eigenvalue weighted by molar-refractivity contribution is -0.123. The van der Waals surface area contributed by atoms with Crippen molar-refractivity contribution in [2.75, 3.05) is 42.7 Å². The number of nitrogens with zero attached hydrogens (tertiary/aromatic N) is 6. The van der Waals surface area contributed by atoms with Gasteiger partial charge in [0.15, 0.2) is 17.1 Å². The Balaban J connectivity index is 0.000000200. The maximum absolute atomic E-state index is 13.7. The first-order chi connectivity index (χ1) is 56.2. The molecule has 5 fully saturated rings. The number of nitrogens with two attached hydrogens (primary N) is 1. The molecule has 6 aromatic rings. The molecule has 1 unspecified atom stereocenters. The fourth-order valence-electron chi connectivity index (χ4n) is 17.0. The van der Waals surface area contributed by atoms with Crippen molar-refractivity contribution < 1.29 is 57.2 Å². The second-order valence-electron chi connectivity index (χ2n) is 33.7. The molecule has 24 nitrogen and oxygen atoms in total. The average molecular weight is 1600 g/mol. The summed E-state index contributed by atoms with van der Waals surface area (Å²) in [6.45, 7) is 14.8. The summed E-state index contributed by atoms with van der Waals surface area (Å²) in [4.78, 5) is 78.1. The molecule has 6 amide bonds. The number of primary amides is 1. The Morgan fingerprint density at radius 1 is 0.405 bits per heavy atom. The van der Waals surface area contributed by atoms with Gasteiger partial charge in [0, 0.05) is 69.1 Å². The molecule has 638 valence electrons. The summed E-state index contributed by atoms with van der Waals surface area (Å²) in [5, 5.41) is 30.0. The van der Waals surface area contributed by atoms with Crippen molar-refractivity contribution in [3.05, 3.63) is 89.9 Å². The van der Waals surface area contributed by atoms with Gasteiger partial charge in [0.2, 0.25) is 17.7 Å². The lowest BCUT2D eigenvalue weighted by atomic mass is 9.85. The summed E-state index contributed by atoms with van der Waals surface area (Å²) >= 11 is 0. The zero-order valence-electron chi connectivity index (χ0n) is 71.9. The van der Waals surface area contributed by atoms with Crippen LogP contribution in [0.25, 0.3) is 33.8 Å². The lowest BCUT2D eigenvalue weighted by Gasteiger charge is -2.28. The van der Waals surface area contributed by atoms with Gasteiger partial charge in [-0.2, -0.15) is 15.3 Å². The molecule has 5 aliphatic rings. The Hall–Kier alpha value is -9.09. The summed E-state index contributed by atoms with van der Waals surface area (Å²) in [6.07, 6.45) is 34.7. The second kappa shape index (κ2) is 46.7. The molecule has 0 bridgehead atoms. The van der Waals surface area contributed by atoms with E-state index in [1.54, 1.807) is 48.7 Å². The van der Waals surface area contributed by atoms with Crippen molar-refractivity contribution in [2.45, 2.75) is 303 Å². The molecule has 11 rings (SSSR count). The Morgan fingerprint density at radius 2 is 0.707 bits per heavy atom. The van der Waals surface area contributed by atoms with E-state index in [0.29, 0.717) is 120 Å². The number of aromatic nitrogens is 6. The number of benzene rings is 3. The quantitative estimate of drug-likeness (QED) is 0.0208. The highest BCUT2D eigenvalue weighted by Gasteiger charge is 2.32. The zero-order chi connectivity index (χ0) is 83.0. The number of methoxy groups -OCH3 is 6. The van der Waals surface area contributed by atoms with Gasteiger partial charge in [-0.05, 0) is 167 Å². The molecule has 3 aromatic carbocycles. The topological polar surface area (TPSA) is 297 Å². The molecule has 5 saturated carbocycles. The first kappa shape index (κ1) is 90.8. The number of hydrogen-bond acceptors (Lipinski definition) is 15. The van der Waals surface area contributed by atoms with E-state index in [9.17, 15) is 28.8 Å². The van der Waals surface area contributed by atoms with E-state index >= 15 is 0 Å². The largest absolute Gasteiger partial charge is 0.496 e. The van der Waals surface area contributed by atoms with Crippen molar-refractivity contribution >= 4 is 35.4 Å². The third-order valence-corrected chi connectivity index (χ3v) is 24.6. The van der Waals surface area contributed by atoms with E-state index in [1.807, 2.05) is 80.8 Å². The van der Waals surface area contributed by atoms with Crippen LogP contribution in [0.15, 0.2) is 72.8 Å². The minimum Gasteiger partial charge on any atom is -0.496 e.